The van der Waals surface area contributed by atoms with E-state index in [1.807, 2.05) is 0 Å². The first kappa shape index (κ1) is 9.88. The van der Waals surface area contributed by atoms with Crippen molar-refractivity contribution in [3.05, 3.63) is 23.0 Å². The number of rotatable bonds is 3. The summed E-state index contributed by atoms with van der Waals surface area (Å²) in [7, 11) is 0. The van der Waals surface area contributed by atoms with E-state index in [9.17, 15) is 4.79 Å². The molecule has 0 fully saturated rings. The molecule has 0 aromatic carbocycles. The number of hydrogen-bond acceptors (Lipinski definition) is 4. The van der Waals surface area contributed by atoms with Gasteiger partial charge in [0.25, 0.3) is 0 Å². The van der Waals surface area contributed by atoms with Gasteiger partial charge in [0.15, 0.2) is 5.15 Å². The summed E-state index contributed by atoms with van der Waals surface area (Å²) < 4.78 is 0. The zero-order valence-corrected chi connectivity index (χ0v) is 7.40. The van der Waals surface area contributed by atoms with Gasteiger partial charge in [0.1, 0.15) is 6.04 Å². The van der Waals surface area contributed by atoms with Crippen molar-refractivity contribution >= 4 is 17.6 Å². The molecule has 70 valence electrons. The summed E-state index contributed by atoms with van der Waals surface area (Å²) in [4.78, 5) is 10.4. The average molecular weight is 202 g/mol. The first-order chi connectivity index (χ1) is 6.09. The summed E-state index contributed by atoms with van der Waals surface area (Å²) in [5, 5.41) is 16.0. The maximum Gasteiger partial charge on any atom is 0.320 e. The molecule has 0 saturated carbocycles. The van der Waals surface area contributed by atoms with Crippen LogP contribution in [-0.4, -0.2) is 27.3 Å². The van der Waals surface area contributed by atoms with Gasteiger partial charge < -0.3 is 10.8 Å². The summed E-state index contributed by atoms with van der Waals surface area (Å²) in [6.07, 6.45) is 0.152. The molecule has 3 N–H and O–H groups in total. The van der Waals surface area contributed by atoms with Gasteiger partial charge in [0, 0.05) is 6.42 Å². The van der Waals surface area contributed by atoms with E-state index in [0.29, 0.717) is 5.69 Å². The van der Waals surface area contributed by atoms with E-state index in [-0.39, 0.29) is 11.6 Å². The minimum atomic E-state index is -1.06. The lowest BCUT2D eigenvalue weighted by Crippen LogP contribution is -2.32. The van der Waals surface area contributed by atoms with Crippen LogP contribution in [0.4, 0.5) is 0 Å². The Kier molecular flexibility index (Phi) is 3.16. The number of carboxylic acid groups (broad SMARTS) is 1. The van der Waals surface area contributed by atoms with Gasteiger partial charge in [-0.2, -0.15) is 5.10 Å². The van der Waals surface area contributed by atoms with Crippen LogP contribution < -0.4 is 5.73 Å². The molecule has 1 rings (SSSR count). The molecule has 0 unspecified atom stereocenters. The fraction of sp³-hybridized carbons (Fsp3) is 0.286. The number of carbonyl (C=O) groups is 1. The van der Waals surface area contributed by atoms with Crippen LogP contribution in [0.15, 0.2) is 12.1 Å². The lowest BCUT2D eigenvalue weighted by atomic mass is 10.2. The highest BCUT2D eigenvalue weighted by molar-refractivity contribution is 6.29. The predicted octanol–water partition coefficient (Wildman–Crippen LogP) is 0.0844. The van der Waals surface area contributed by atoms with Crippen LogP contribution in [0, 0.1) is 0 Å². The van der Waals surface area contributed by atoms with Gasteiger partial charge in [-0.1, -0.05) is 11.6 Å². The standard InChI is InChI=1S/C7H8ClN3O2/c8-6-2-1-4(10-11-6)3-5(9)7(12)13/h1-2,5H,3,9H2,(H,12,13)/t5-/m0/s1. The molecular formula is C7H8ClN3O2. The molecule has 13 heavy (non-hydrogen) atoms. The number of nitrogens with zero attached hydrogens (tertiary/aromatic N) is 2. The molecule has 0 bridgehead atoms. The number of carboxylic acids is 1. The summed E-state index contributed by atoms with van der Waals surface area (Å²) in [6.45, 7) is 0. The van der Waals surface area contributed by atoms with Gasteiger partial charge in [0.2, 0.25) is 0 Å². The van der Waals surface area contributed by atoms with Crippen LogP contribution in [-0.2, 0) is 11.2 Å². The van der Waals surface area contributed by atoms with Gasteiger partial charge in [-0.05, 0) is 12.1 Å². The molecule has 0 saturated heterocycles. The number of aliphatic carboxylic acids is 1. The lowest BCUT2D eigenvalue weighted by Gasteiger charge is -2.03. The second-order valence-electron chi connectivity index (χ2n) is 2.50. The Labute approximate surface area is 79.5 Å². The number of aromatic nitrogens is 2. The molecule has 1 aromatic heterocycles. The second kappa shape index (κ2) is 4.15. The highest BCUT2D eigenvalue weighted by atomic mass is 35.5. The molecule has 1 heterocycles. The number of hydrogen-bond donors (Lipinski definition) is 2. The molecule has 5 nitrogen and oxygen atoms in total. The fourth-order valence-corrected chi connectivity index (χ4v) is 0.866. The zero-order chi connectivity index (χ0) is 9.84. The Bertz CT molecular complexity index is 301. The Hall–Kier alpha value is -1.20. The summed E-state index contributed by atoms with van der Waals surface area (Å²) >= 11 is 5.49. The molecule has 6 heteroatoms. The van der Waals surface area contributed by atoms with Crippen molar-refractivity contribution in [3.8, 4) is 0 Å². The number of nitrogens with two attached hydrogens (primary N) is 1. The molecular weight excluding hydrogens is 194 g/mol. The first-order valence-corrected chi connectivity index (χ1v) is 3.94. The summed E-state index contributed by atoms with van der Waals surface area (Å²) in [5.41, 5.74) is 5.80. The first-order valence-electron chi connectivity index (χ1n) is 3.56. The third-order valence-electron chi connectivity index (χ3n) is 1.43. The second-order valence-corrected chi connectivity index (χ2v) is 2.88. The molecule has 0 aliphatic heterocycles. The predicted molar refractivity (Wildman–Crippen MR) is 46.4 cm³/mol. The molecule has 0 spiro atoms. The average Bonchev–Trinajstić information content (AvgIpc) is 2.08. The minimum absolute atomic E-state index is 0.152. The largest absolute Gasteiger partial charge is 0.480 e. The maximum atomic E-state index is 10.4. The zero-order valence-electron chi connectivity index (χ0n) is 6.64. The maximum absolute atomic E-state index is 10.4. The van der Waals surface area contributed by atoms with E-state index in [2.05, 4.69) is 10.2 Å². The smallest absolute Gasteiger partial charge is 0.320 e. The summed E-state index contributed by atoms with van der Waals surface area (Å²) in [6, 6.07) is 2.19. The molecule has 0 aliphatic rings. The SMILES string of the molecule is N[C@@H](Cc1ccc(Cl)nn1)C(=O)O. The Balaban J connectivity index is 2.64. The van der Waals surface area contributed by atoms with Crippen LogP contribution in [0.25, 0.3) is 0 Å². The Morgan fingerprint density at radius 1 is 1.62 bits per heavy atom. The van der Waals surface area contributed by atoms with Crippen molar-refractivity contribution in [2.75, 3.05) is 0 Å². The van der Waals surface area contributed by atoms with Crippen LogP contribution >= 0.6 is 11.6 Å². The highest BCUT2D eigenvalue weighted by Crippen LogP contribution is 2.03. The third kappa shape index (κ3) is 2.96. The molecule has 0 radical (unpaired) electrons. The quantitative estimate of drug-likeness (QED) is 0.723. The minimum Gasteiger partial charge on any atom is -0.480 e. The molecule has 1 aromatic rings. The van der Waals surface area contributed by atoms with E-state index in [0.717, 1.165) is 0 Å². The Morgan fingerprint density at radius 2 is 2.31 bits per heavy atom. The third-order valence-corrected chi connectivity index (χ3v) is 1.64. The molecule has 1 atom stereocenters. The van der Waals surface area contributed by atoms with Gasteiger partial charge >= 0.3 is 5.97 Å². The lowest BCUT2D eigenvalue weighted by molar-refractivity contribution is -0.138. The topological polar surface area (TPSA) is 89.1 Å². The highest BCUT2D eigenvalue weighted by Gasteiger charge is 2.12. The van der Waals surface area contributed by atoms with E-state index >= 15 is 0 Å². The van der Waals surface area contributed by atoms with Crippen molar-refractivity contribution in [2.24, 2.45) is 5.73 Å². The van der Waals surface area contributed by atoms with E-state index < -0.39 is 12.0 Å². The van der Waals surface area contributed by atoms with Crippen molar-refractivity contribution in [1.29, 1.82) is 0 Å². The van der Waals surface area contributed by atoms with E-state index in [1.165, 1.54) is 0 Å². The van der Waals surface area contributed by atoms with Crippen molar-refractivity contribution in [3.63, 3.8) is 0 Å². The number of halogens is 1. The normalized spacial score (nSPS) is 12.5. The van der Waals surface area contributed by atoms with Crippen LogP contribution in [0.1, 0.15) is 5.69 Å². The monoisotopic (exact) mass is 201 g/mol. The van der Waals surface area contributed by atoms with Crippen LogP contribution in [0.3, 0.4) is 0 Å². The van der Waals surface area contributed by atoms with E-state index in [1.54, 1.807) is 12.1 Å². The van der Waals surface area contributed by atoms with Crippen molar-refractivity contribution in [2.45, 2.75) is 12.5 Å². The van der Waals surface area contributed by atoms with Gasteiger partial charge in [0.05, 0.1) is 5.69 Å². The summed E-state index contributed by atoms with van der Waals surface area (Å²) in [5.74, 6) is -1.06. The van der Waals surface area contributed by atoms with Crippen molar-refractivity contribution in [1.82, 2.24) is 10.2 Å². The van der Waals surface area contributed by atoms with E-state index in [4.69, 9.17) is 22.4 Å². The van der Waals surface area contributed by atoms with Crippen LogP contribution in [0.5, 0.6) is 0 Å². The van der Waals surface area contributed by atoms with Crippen molar-refractivity contribution < 1.29 is 9.90 Å². The fourth-order valence-electron chi connectivity index (χ4n) is 0.765. The molecule has 0 aliphatic carbocycles. The van der Waals surface area contributed by atoms with Crippen LogP contribution in [0.2, 0.25) is 5.15 Å². The molecule has 0 amide bonds. The van der Waals surface area contributed by atoms with Gasteiger partial charge in [-0.25, -0.2) is 0 Å². The van der Waals surface area contributed by atoms with Gasteiger partial charge in [-0.3, -0.25) is 4.79 Å². The van der Waals surface area contributed by atoms with Gasteiger partial charge in [-0.15, -0.1) is 5.10 Å². The Morgan fingerprint density at radius 3 is 2.77 bits per heavy atom.